The van der Waals surface area contributed by atoms with Crippen LogP contribution in [0.1, 0.15) is 0 Å². The molecule has 0 unspecified atom stereocenters. The smallest absolute Gasteiger partial charge is 0.265 e. The molecule has 5 rings (SSSR count). The lowest BCUT2D eigenvalue weighted by atomic mass is 10.2. The molecule has 4 aromatic heterocycles. The predicted octanol–water partition coefficient (Wildman–Crippen LogP) is 2.42. The van der Waals surface area contributed by atoms with E-state index in [4.69, 9.17) is 4.74 Å². The number of nitrogens with one attached hydrogen (secondary N) is 1. The van der Waals surface area contributed by atoms with Gasteiger partial charge in [0.25, 0.3) is 11.1 Å². The van der Waals surface area contributed by atoms with Crippen molar-refractivity contribution in [3.8, 4) is 17.3 Å². The van der Waals surface area contributed by atoms with Gasteiger partial charge in [0.05, 0.1) is 35.1 Å². The number of hydrogen-bond acceptors (Lipinski definition) is 5. The molecule has 0 fully saturated rings. The van der Waals surface area contributed by atoms with Crippen LogP contribution in [0.2, 0.25) is 0 Å². The average molecular weight is 385 g/mol. The number of rotatable bonds is 3. The Morgan fingerprint density at radius 2 is 1.52 bits per heavy atom. The highest BCUT2D eigenvalue weighted by Crippen LogP contribution is 2.18. The Bertz CT molecular complexity index is 1470. The summed E-state index contributed by atoms with van der Waals surface area (Å²) in [5.74, 6) is 1.25. The van der Waals surface area contributed by atoms with Gasteiger partial charge >= 0.3 is 0 Å². The molecule has 0 atom stereocenters. The van der Waals surface area contributed by atoms with Gasteiger partial charge in [-0.2, -0.15) is 5.10 Å². The molecule has 0 radical (unpaired) electrons. The van der Waals surface area contributed by atoms with E-state index in [0.717, 1.165) is 0 Å². The maximum atomic E-state index is 13.1. The zero-order chi connectivity index (χ0) is 20.0. The second-order valence-corrected chi connectivity index (χ2v) is 6.48. The van der Waals surface area contributed by atoms with Crippen molar-refractivity contribution in [1.29, 1.82) is 0 Å². The van der Waals surface area contributed by atoms with Crippen LogP contribution in [-0.2, 0) is 0 Å². The lowest BCUT2D eigenvalue weighted by Gasteiger charge is -2.09. The standard InChI is InChI=1S/C21H15N5O3/c1-29-14-4-2-13(3-5-14)25-10-7-17-15(20(25)27)12-16-18(23-17)8-11-26(21(16)28)19-6-9-22-24-19/h2-12H,1H3,(H,22,24). The first kappa shape index (κ1) is 16.9. The summed E-state index contributed by atoms with van der Waals surface area (Å²) in [4.78, 5) is 30.6. The fourth-order valence-corrected chi connectivity index (χ4v) is 3.34. The SMILES string of the molecule is COc1ccc(-n2ccc3nc4ccn(-c5ccn[nH]5)c(=O)c4cc3c2=O)cc1. The minimum absolute atomic E-state index is 0.251. The maximum Gasteiger partial charge on any atom is 0.265 e. The van der Waals surface area contributed by atoms with Crippen molar-refractivity contribution in [2.75, 3.05) is 7.11 Å². The van der Waals surface area contributed by atoms with Crippen LogP contribution in [0, 0.1) is 0 Å². The maximum absolute atomic E-state index is 13.1. The van der Waals surface area contributed by atoms with Gasteiger partial charge in [-0.1, -0.05) is 0 Å². The molecule has 4 heterocycles. The summed E-state index contributed by atoms with van der Waals surface area (Å²) < 4.78 is 8.13. The molecule has 142 valence electrons. The molecule has 8 nitrogen and oxygen atoms in total. The third kappa shape index (κ3) is 2.69. The Hall–Kier alpha value is -4.20. The summed E-state index contributed by atoms with van der Waals surface area (Å²) in [5.41, 5.74) is 1.23. The summed E-state index contributed by atoms with van der Waals surface area (Å²) in [6.07, 6.45) is 4.88. The van der Waals surface area contributed by atoms with E-state index in [1.54, 1.807) is 74.2 Å². The van der Waals surface area contributed by atoms with Gasteiger partial charge in [0.1, 0.15) is 11.6 Å². The van der Waals surface area contributed by atoms with E-state index in [1.807, 2.05) is 0 Å². The molecule has 0 aliphatic carbocycles. The number of aromatic nitrogens is 5. The van der Waals surface area contributed by atoms with Crippen molar-refractivity contribution in [2.45, 2.75) is 0 Å². The van der Waals surface area contributed by atoms with Crippen molar-refractivity contribution in [2.24, 2.45) is 0 Å². The first-order valence-electron chi connectivity index (χ1n) is 8.88. The molecule has 0 spiro atoms. The normalized spacial score (nSPS) is 11.2. The van der Waals surface area contributed by atoms with Crippen LogP contribution in [0.3, 0.4) is 0 Å². The van der Waals surface area contributed by atoms with Crippen LogP contribution in [0.15, 0.2) is 76.7 Å². The van der Waals surface area contributed by atoms with Gasteiger partial charge in [0.15, 0.2) is 0 Å². The van der Waals surface area contributed by atoms with Gasteiger partial charge < -0.3 is 4.74 Å². The van der Waals surface area contributed by atoms with E-state index in [0.29, 0.717) is 39.1 Å². The van der Waals surface area contributed by atoms with Gasteiger partial charge in [-0.25, -0.2) is 4.98 Å². The minimum atomic E-state index is -0.277. The van der Waals surface area contributed by atoms with Crippen LogP contribution in [0.25, 0.3) is 33.3 Å². The Morgan fingerprint density at radius 1 is 0.862 bits per heavy atom. The molecular formula is C21H15N5O3. The minimum Gasteiger partial charge on any atom is -0.497 e. The molecule has 0 saturated carbocycles. The van der Waals surface area contributed by atoms with Gasteiger partial charge in [0.2, 0.25) is 0 Å². The fourth-order valence-electron chi connectivity index (χ4n) is 3.34. The monoisotopic (exact) mass is 385 g/mol. The van der Waals surface area contributed by atoms with Gasteiger partial charge in [-0.05, 0) is 42.5 Å². The van der Waals surface area contributed by atoms with E-state index in [1.165, 1.54) is 9.13 Å². The molecule has 0 saturated heterocycles. The number of fused-ring (bicyclic) bond motifs is 2. The number of ether oxygens (including phenoxy) is 1. The number of methoxy groups -OCH3 is 1. The van der Waals surface area contributed by atoms with Gasteiger partial charge in [-0.15, -0.1) is 0 Å². The Labute approximate surface area is 163 Å². The molecule has 0 aliphatic rings. The number of aromatic amines is 1. The average Bonchev–Trinajstić information content (AvgIpc) is 3.28. The molecular weight excluding hydrogens is 370 g/mol. The second-order valence-electron chi connectivity index (χ2n) is 6.48. The molecule has 8 heteroatoms. The number of H-pyrrole nitrogens is 1. The number of pyridine rings is 3. The quantitative estimate of drug-likeness (QED) is 0.481. The zero-order valence-electron chi connectivity index (χ0n) is 15.4. The van der Waals surface area contributed by atoms with Crippen molar-refractivity contribution in [1.82, 2.24) is 24.3 Å². The van der Waals surface area contributed by atoms with E-state index in [-0.39, 0.29) is 11.1 Å². The van der Waals surface area contributed by atoms with Crippen LogP contribution in [0.4, 0.5) is 0 Å². The summed E-state index contributed by atoms with van der Waals surface area (Å²) in [7, 11) is 1.59. The summed E-state index contributed by atoms with van der Waals surface area (Å²) >= 11 is 0. The molecule has 5 aromatic rings. The Kier molecular flexibility index (Phi) is 3.77. The van der Waals surface area contributed by atoms with Crippen LogP contribution < -0.4 is 15.9 Å². The summed E-state index contributed by atoms with van der Waals surface area (Å²) in [6.45, 7) is 0. The van der Waals surface area contributed by atoms with E-state index < -0.39 is 0 Å². The lowest BCUT2D eigenvalue weighted by molar-refractivity contribution is 0.414. The third-order valence-electron chi connectivity index (χ3n) is 4.84. The lowest BCUT2D eigenvalue weighted by Crippen LogP contribution is -2.21. The van der Waals surface area contributed by atoms with Crippen molar-refractivity contribution < 1.29 is 4.74 Å². The first-order chi connectivity index (χ1) is 14.2. The molecule has 0 amide bonds. The molecule has 29 heavy (non-hydrogen) atoms. The van der Waals surface area contributed by atoms with Crippen LogP contribution in [0.5, 0.6) is 5.75 Å². The van der Waals surface area contributed by atoms with E-state index in [2.05, 4.69) is 15.2 Å². The van der Waals surface area contributed by atoms with Crippen molar-refractivity contribution in [3.63, 3.8) is 0 Å². The Morgan fingerprint density at radius 3 is 2.14 bits per heavy atom. The number of hydrogen-bond donors (Lipinski definition) is 1. The highest BCUT2D eigenvalue weighted by molar-refractivity contribution is 5.91. The predicted molar refractivity (Wildman–Crippen MR) is 109 cm³/mol. The summed E-state index contributed by atoms with van der Waals surface area (Å²) in [6, 6.07) is 14.0. The van der Waals surface area contributed by atoms with Crippen molar-refractivity contribution >= 4 is 21.8 Å². The first-order valence-corrected chi connectivity index (χ1v) is 8.88. The number of nitrogens with zero attached hydrogens (tertiary/aromatic N) is 4. The highest BCUT2D eigenvalue weighted by atomic mass is 16.5. The largest absolute Gasteiger partial charge is 0.497 e. The van der Waals surface area contributed by atoms with E-state index >= 15 is 0 Å². The number of benzene rings is 1. The molecule has 0 aliphatic heterocycles. The van der Waals surface area contributed by atoms with Crippen LogP contribution in [-0.4, -0.2) is 31.4 Å². The topological polar surface area (TPSA) is 94.8 Å². The van der Waals surface area contributed by atoms with Crippen LogP contribution >= 0.6 is 0 Å². The van der Waals surface area contributed by atoms with E-state index in [9.17, 15) is 9.59 Å². The molecule has 1 N–H and O–H groups in total. The molecule has 0 bridgehead atoms. The zero-order valence-corrected chi connectivity index (χ0v) is 15.4. The Balaban J connectivity index is 1.75. The third-order valence-corrected chi connectivity index (χ3v) is 4.84. The molecule has 1 aromatic carbocycles. The summed E-state index contributed by atoms with van der Waals surface area (Å²) in [5, 5.41) is 7.37. The van der Waals surface area contributed by atoms with Gasteiger partial charge in [0, 0.05) is 24.1 Å². The second kappa shape index (κ2) is 6.45. The fraction of sp³-hybridized carbons (Fsp3) is 0.0476. The van der Waals surface area contributed by atoms with Gasteiger partial charge in [-0.3, -0.25) is 23.8 Å². The highest BCUT2D eigenvalue weighted by Gasteiger charge is 2.12. The van der Waals surface area contributed by atoms with Crippen molar-refractivity contribution in [3.05, 3.63) is 87.8 Å².